The Balaban J connectivity index is 2.04. The number of carbonyl (C=O) groups is 2. The van der Waals surface area contributed by atoms with Crippen molar-refractivity contribution < 1.29 is 14.0 Å². The molecule has 1 aliphatic heterocycles. The lowest BCUT2D eigenvalue weighted by Crippen LogP contribution is -2.39. The van der Waals surface area contributed by atoms with Gasteiger partial charge in [-0.25, -0.2) is 4.39 Å². The van der Waals surface area contributed by atoms with Gasteiger partial charge in [0, 0.05) is 26.6 Å². The molecule has 132 valence electrons. The van der Waals surface area contributed by atoms with Gasteiger partial charge in [0.1, 0.15) is 5.82 Å². The molecule has 24 heavy (non-hydrogen) atoms. The number of likely N-dealkylation sites (tertiary alicyclic amines) is 1. The molecule has 1 heterocycles. The predicted molar refractivity (Wildman–Crippen MR) is 90.8 cm³/mol. The summed E-state index contributed by atoms with van der Waals surface area (Å²) in [6, 6.07) is 5.67. The minimum atomic E-state index is -0.440. The maximum atomic E-state index is 13.1. The number of nitrogens with zero attached hydrogens (tertiary/aromatic N) is 2. The number of carbonyl (C=O) groups excluding carboxylic acids is 2. The maximum Gasteiger partial charge on any atom is 0.226 e. The second-order valence-electron chi connectivity index (χ2n) is 6.13. The highest BCUT2D eigenvalue weighted by Crippen LogP contribution is 2.37. The van der Waals surface area contributed by atoms with Gasteiger partial charge in [0.25, 0.3) is 0 Å². The summed E-state index contributed by atoms with van der Waals surface area (Å²) >= 11 is 0. The van der Waals surface area contributed by atoms with Gasteiger partial charge in [0.05, 0.1) is 12.0 Å². The second kappa shape index (κ2) is 8.24. The van der Waals surface area contributed by atoms with Gasteiger partial charge in [-0.1, -0.05) is 26.0 Å². The largest absolute Gasteiger partial charge is 0.354 e. The first-order valence-electron chi connectivity index (χ1n) is 8.49. The summed E-state index contributed by atoms with van der Waals surface area (Å²) in [5.41, 5.74) is 0.786. The molecule has 1 fully saturated rings. The molecule has 5 nitrogen and oxygen atoms in total. The lowest BCUT2D eigenvalue weighted by atomic mass is 9.93. The average molecular weight is 335 g/mol. The molecule has 1 N–H and O–H groups in total. The van der Waals surface area contributed by atoms with E-state index in [9.17, 15) is 14.0 Å². The maximum absolute atomic E-state index is 13.1. The summed E-state index contributed by atoms with van der Waals surface area (Å²) in [5.74, 6) is -0.946. The van der Waals surface area contributed by atoms with Crippen LogP contribution < -0.4 is 5.32 Å². The summed E-state index contributed by atoms with van der Waals surface area (Å²) in [6.07, 6.45) is 0.190. The van der Waals surface area contributed by atoms with E-state index in [0.29, 0.717) is 6.54 Å². The summed E-state index contributed by atoms with van der Waals surface area (Å²) in [7, 11) is 1.69. The standard InChI is InChI=1S/C18H26FN3O2/c1-4-22(5-2)11-10-20-18(24)15-12-16(23)21(3)17(15)13-6-8-14(19)9-7-13/h6-9,15,17H,4-5,10-12H2,1-3H3,(H,20,24). The Kier molecular flexibility index (Phi) is 6.31. The third kappa shape index (κ3) is 4.12. The number of rotatable bonds is 7. The van der Waals surface area contributed by atoms with Gasteiger partial charge in [-0.3, -0.25) is 9.59 Å². The molecule has 0 spiro atoms. The molecular weight excluding hydrogens is 309 g/mol. The number of likely N-dealkylation sites (N-methyl/N-ethyl adjacent to an activating group) is 1. The quantitative estimate of drug-likeness (QED) is 0.827. The fourth-order valence-electron chi connectivity index (χ4n) is 3.23. The number of halogens is 1. The van der Waals surface area contributed by atoms with E-state index in [1.54, 1.807) is 24.1 Å². The average Bonchev–Trinajstić information content (AvgIpc) is 2.88. The van der Waals surface area contributed by atoms with Gasteiger partial charge in [-0.15, -0.1) is 0 Å². The summed E-state index contributed by atoms with van der Waals surface area (Å²) < 4.78 is 13.1. The molecule has 1 aromatic carbocycles. The minimum Gasteiger partial charge on any atom is -0.354 e. The lowest BCUT2D eigenvalue weighted by molar-refractivity contribution is -0.128. The first kappa shape index (κ1) is 18.4. The van der Waals surface area contributed by atoms with Crippen molar-refractivity contribution in [2.75, 3.05) is 33.2 Å². The molecule has 1 aromatic rings. The van der Waals surface area contributed by atoms with Crippen LogP contribution >= 0.6 is 0 Å². The van der Waals surface area contributed by atoms with E-state index in [1.807, 2.05) is 0 Å². The number of amides is 2. The Labute approximate surface area is 142 Å². The molecule has 1 aliphatic rings. The summed E-state index contributed by atoms with van der Waals surface area (Å²) in [6.45, 7) is 7.40. The number of hydrogen-bond acceptors (Lipinski definition) is 3. The molecule has 2 unspecified atom stereocenters. The topological polar surface area (TPSA) is 52.7 Å². The van der Waals surface area contributed by atoms with Crippen molar-refractivity contribution in [3.63, 3.8) is 0 Å². The molecule has 6 heteroatoms. The molecular formula is C18H26FN3O2. The first-order valence-corrected chi connectivity index (χ1v) is 8.49. The first-order chi connectivity index (χ1) is 11.5. The minimum absolute atomic E-state index is 0.0618. The van der Waals surface area contributed by atoms with Gasteiger partial charge in [-0.05, 0) is 30.8 Å². The zero-order chi connectivity index (χ0) is 17.7. The van der Waals surface area contributed by atoms with E-state index < -0.39 is 5.92 Å². The molecule has 0 saturated carbocycles. The van der Waals surface area contributed by atoms with Crippen LogP contribution in [0.25, 0.3) is 0 Å². The van der Waals surface area contributed by atoms with Gasteiger partial charge in [0.15, 0.2) is 0 Å². The highest BCUT2D eigenvalue weighted by atomic mass is 19.1. The van der Waals surface area contributed by atoms with Crippen molar-refractivity contribution in [1.29, 1.82) is 0 Å². The van der Waals surface area contributed by atoms with Crippen LogP contribution in [0.3, 0.4) is 0 Å². The fourth-order valence-corrected chi connectivity index (χ4v) is 3.23. The molecule has 2 atom stereocenters. The van der Waals surface area contributed by atoms with Crippen LogP contribution in [0.2, 0.25) is 0 Å². The van der Waals surface area contributed by atoms with E-state index in [0.717, 1.165) is 25.2 Å². The fraction of sp³-hybridized carbons (Fsp3) is 0.556. The molecule has 2 amide bonds. The molecule has 0 bridgehead atoms. The van der Waals surface area contributed by atoms with Gasteiger partial charge in [0.2, 0.25) is 11.8 Å². The number of benzene rings is 1. The Bertz CT molecular complexity index is 572. The number of nitrogens with one attached hydrogen (secondary N) is 1. The van der Waals surface area contributed by atoms with Crippen LogP contribution in [0.4, 0.5) is 4.39 Å². The van der Waals surface area contributed by atoms with Gasteiger partial charge in [-0.2, -0.15) is 0 Å². The monoisotopic (exact) mass is 335 g/mol. The van der Waals surface area contributed by atoms with Crippen molar-refractivity contribution >= 4 is 11.8 Å². The number of hydrogen-bond donors (Lipinski definition) is 1. The third-order valence-corrected chi connectivity index (χ3v) is 4.76. The normalized spacial score (nSPS) is 20.7. The Morgan fingerprint density at radius 3 is 2.50 bits per heavy atom. The highest BCUT2D eigenvalue weighted by Gasteiger charge is 2.42. The van der Waals surface area contributed by atoms with Crippen molar-refractivity contribution in [3.05, 3.63) is 35.6 Å². The van der Waals surface area contributed by atoms with Crippen LogP contribution in [0.5, 0.6) is 0 Å². The smallest absolute Gasteiger partial charge is 0.226 e. The van der Waals surface area contributed by atoms with Crippen molar-refractivity contribution in [2.45, 2.75) is 26.3 Å². The van der Waals surface area contributed by atoms with Crippen LogP contribution in [0.15, 0.2) is 24.3 Å². The SMILES string of the molecule is CCN(CC)CCNC(=O)C1CC(=O)N(C)C1c1ccc(F)cc1. The van der Waals surface area contributed by atoms with E-state index in [2.05, 4.69) is 24.1 Å². The van der Waals surface area contributed by atoms with Gasteiger partial charge >= 0.3 is 0 Å². The second-order valence-corrected chi connectivity index (χ2v) is 6.13. The van der Waals surface area contributed by atoms with E-state index >= 15 is 0 Å². The van der Waals surface area contributed by atoms with Crippen molar-refractivity contribution in [2.24, 2.45) is 5.92 Å². The van der Waals surface area contributed by atoms with E-state index in [1.165, 1.54) is 12.1 Å². The Hall–Kier alpha value is -1.95. The molecule has 0 aromatic heterocycles. The van der Waals surface area contributed by atoms with Crippen LogP contribution in [-0.2, 0) is 9.59 Å². The van der Waals surface area contributed by atoms with Crippen molar-refractivity contribution in [3.8, 4) is 0 Å². The zero-order valence-corrected chi connectivity index (χ0v) is 14.6. The van der Waals surface area contributed by atoms with Crippen molar-refractivity contribution in [1.82, 2.24) is 15.1 Å². The highest BCUT2D eigenvalue weighted by molar-refractivity contribution is 5.90. The zero-order valence-electron chi connectivity index (χ0n) is 14.6. The van der Waals surface area contributed by atoms with Gasteiger partial charge < -0.3 is 15.1 Å². The molecule has 1 saturated heterocycles. The Morgan fingerprint density at radius 1 is 1.29 bits per heavy atom. The van der Waals surface area contributed by atoms with Crippen LogP contribution in [0, 0.1) is 11.7 Å². The molecule has 0 radical (unpaired) electrons. The van der Waals surface area contributed by atoms with Crippen LogP contribution in [0.1, 0.15) is 31.9 Å². The van der Waals surface area contributed by atoms with Crippen LogP contribution in [-0.4, -0.2) is 54.8 Å². The lowest BCUT2D eigenvalue weighted by Gasteiger charge is -2.25. The summed E-state index contributed by atoms with van der Waals surface area (Å²) in [4.78, 5) is 28.5. The van der Waals surface area contributed by atoms with E-state index in [-0.39, 0.29) is 30.1 Å². The Morgan fingerprint density at radius 2 is 1.92 bits per heavy atom. The predicted octanol–water partition coefficient (Wildman–Crippen LogP) is 1.80. The molecule has 0 aliphatic carbocycles. The third-order valence-electron chi connectivity index (χ3n) is 4.76. The summed E-state index contributed by atoms with van der Waals surface area (Å²) in [5, 5.41) is 2.94. The van der Waals surface area contributed by atoms with E-state index in [4.69, 9.17) is 0 Å². The molecule has 2 rings (SSSR count).